The Kier molecular flexibility index (Phi) is 6.24. The van der Waals surface area contributed by atoms with Crippen LogP contribution in [0.25, 0.3) is 0 Å². The van der Waals surface area contributed by atoms with Gasteiger partial charge in [-0.25, -0.2) is 9.78 Å². The van der Waals surface area contributed by atoms with E-state index < -0.39 is 12.0 Å². The van der Waals surface area contributed by atoms with E-state index in [1.54, 1.807) is 0 Å². The number of hydrogen-bond donors (Lipinski definition) is 4. The van der Waals surface area contributed by atoms with Crippen LogP contribution in [0.3, 0.4) is 0 Å². The Morgan fingerprint density at radius 2 is 1.93 bits per heavy atom. The molecule has 0 spiro atoms. The molecule has 0 saturated heterocycles. The minimum atomic E-state index is -1.07. The van der Waals surface area contributed by atoms with Gasteiger partial charge in [-0.1, -0.05) is 30.3 Å². The average Bonchev–Trinajstić information content (AvgIpc) is 3.19. The number of carboxylic acids is 1. The lowest BCUT2D eigenvalue weighted by Gasteiger charge is -2.28. The van der Waals surface area contributed by atoms with Crippen molar-refractivity contribution in [2.75, 3.05) is 6.54 Å². The summed E-state index contributed by atoms with van der Waals surface area (Å²) in [5.41, 5.74) is 6.79. The van der Waals surface area contributed by atoms with Gasteiger partial charge in [-0.2, -0.15) is 0 Å². The van der Waals surface area contributed by atoms with E-state index in [4.69, 9.17) is 10.8 Å². The van der Waals surface area contributed by atoms with Crippen LogP contribution in [-0.2, 0) is 11.2 Å². The lowest BCUT2D eigenvalue weighted by molar-refractivity contribution is -0.127. The number of aromatic carboxylic acids is 1. The maximum absolute atomic E-state index is 12.8. The van der Waals surface area contributed by atoms with E-state index in [1.165, 1.54) is 6.20 Å². The molecule has 1 aliphatic rings. The number of aromatic nitrogens is 2. The number of H-pyrrole nitrogens is 1. The summed E-state index contributed by atoms with van der Waals surface area (Å²) in [7, 11) is 0. The minimum absolute atomic E-state index is 0.000299. The van der Waals surface area contributed by atoms with Crippen molar-refractivity contribution in [3.63, 3.8) is 0 Å². The second-order valence-electron chi connectivity index (χ2n) is 7.19. The molecule has 0 unspecified atom stereocenters. The zero-order chi connectivity index (χ0) is 19.2. The highest BCUT2D eigenvalue weighted by molar-refractivity contribution is 5.85. The molecule has 1 saturated carbocycles. The van der Waals surface area contributed by atoms with E-state index in [2.05, 4.69) is 15.3 Å². The molecule has 27 heavy (non-hydrogen) atoms. The molecule has 1 amide bonds. The maximum atomic E-state index is 12.8. The van der Waals surface area contributed by atoms with Crippen molar-refractivity contribution < 1.29 is 14.7 Å². The number of carboxylic acid groups (broad SMARTS) is 1. The summed E-state index contributed by atoms with van der Waals surface area (Å²) in [6.45, 7) is 0.676. The number of rotatable bonds is 7. The summed E-state index contributed by atoms with van der Waals surface area (Å²) in [4.78, 5) is 31.0. The fourth-order valence-corrected chi connectivity index (χ4v) is 3.64. The van der Waals surface area contributed by atoms with Crippen LogP contribution in [0.5, 0.6) is 0 Å². The van der Waals surface area contributed by atoms with Crippen LogP contribution in [-0.4, -0.2) is 33.5 Å². The zero-order valence-electron chi connectivity index (χ0n) is 15.2. The largest absolute Gasteiger partial charge is 0.477 e. The standard InChI is InChI=1S/C20H26N4O3/c21-11-14-6-8-15(9-7-14)19(25)24-16(10-13-4-2-1-3-5-13)18-22-12-17(23-18)20(26)27/h1-5,12,14-16H,6-11,21H2,(H,22,23)(H,24,25)(H,26,27)/t14?,15?,16-/m0/s1. The zero-order valence-corrected chi connectivity index (χ0v) is 15.2. The molecular weight excluding hydrogens is 344 g/mol. The lowest BCUT2D eigenvalue weighted by Crippen LogP contribution is -2.37. The second kappa shape index (κ2) is 8.81. The Morgan fingerprint density at radius 1 is 1.22 bits per heavy atom. The summed E-state index contributed by atoms with van der Waals surface area (Å²) < 4.78 is 0. The van der Waals surface area contributed by atoms with Crippen LogP contribution < -0.4 is 11.1 Å². The number of imidazole rings is 1. The molecule has 1 aromatic heterocycles. The predicted octanol–water partition coefficient (Wildman–Crippen LogP) is 2.27. The normalized spacial score (nSPS) is 20.8. The van der Waals surface area contributed by atoms with E-state index in [9.17, 15) is 9.59 Å². The highest BCUT2D eigenvalue weighted by Gasteiger charge is 2.28. The number of aromatic amines is 1. The minimum Gasteiger partial charge on any atom is -0.477 e. The number of nitrogens with zero attached hydrogens (tertiary/aromatic N) is 1. The van der Waals surface area contributed by atoms with Crippen LogP contribution in [0.2, 0.25) is 0 Å². The molecule has 3 rings (SSSR count). The van der Waals surface area contributed by atoms with E-state index in [0.717, 1.165) is 31.2 Å². The van der Waals surface area contributed by atoms with Gasteiger partial charge in [0.25, 0.3) is 0 Å². The first-order valence-corrected chi connectivity index (χ1v) is 9.39. The van der Waals surface area contributed by atoms with Crippen LogP contribution in [0, 0.1) is 11.8 Å². The van der Waals surface area contributed by atoms with E-state index in [0.29, 0.717) is 24.7 Å². The summed E-state index contributed by atoms with van der Waals surface area (Å²) in [5, 5.41) is 12.2. The number of nitrogens with two attached hydrogens (primary N) is 1. The number of carbonyl (C=O) groups excluding carboxylic acids is 1. The highest BCUT2D eigenvalue weighted by Crippen LogP contribution is 2.29. The van der Waals surface area contributed by atoms with Crippen molar-refractivity contribution in [1.29, 1.82) is 0 Å². The molecule has 1 heterocycles. The average molecular weight is 370 g/mol. The molecule has 0 aliphatic heterocycles. The van der Waals surface area contributed by atoms with Gasteiger partial charge in [-0.3, -0.25) is 4.79 Å². The summed E-state index contributed by atoms with van der Waals surface area (Å²) in [6, 6.07) is 9.36. The molecule has 2 aromatic rings. The predicted molar refractivity (Wildman–Crippen MR) is 101 cm³/mol. The van der Waals surface area contributed by atoms with Crippen molar-refractivity contribution >= 4 is 11.9 Å². The lowest BCUT2D eigenvalue weighted by atomic mass is 9.81. The Hall–Kier alpha value is -2.67. The van der Waals surface area contributed by atoms with E-state index in [1.807, 2.05) is 30.3 Å². The maximum Gasteiger partial charge on any atom is 0.353 e. The van der Waals surface area contributed by atoms with Gasteiger partial charge in [0.05, 0.1) is 12.2 Å². The fraction of sp³-hybridized carbons (Fsp3) is 0.450. The first kappa shape index (κ1) is 19.1. The van der Waals surface area contributed by atoms with Crippen molar-refractivity contribution in [3.05, 3.63) is 53.6 Å². The molecule has 144 valence electrons. The Bertz CT molecular complexity index is 767. The van der Waals surface area contributed by atoms with Gasteiger partial charge in [0.2, 0.25) is 5.91 Å². The molecule has 1 fully saturated rings. The van der Waals surface area contributed by atoms with Crippen molar-refractivity contribution in [2.45, 2.75) is 38.1 Å². The third kappa shape index (κ3) is 4.95. The van der Waals surface area contributed by atoms with Gasteiger partial charge in [-0.15, -0.1) is 0 Å². The van der Waals surface area contributed by atoms with Gasteiger partial charge < -0.3 is 21.1 Å². The number of carbonyl (C=O) groups is 2. The fourth-order valence-electron chi connectivity index (χ4n) is 3.64. The number of hydrogen-bond acceptors (Lipinski definition) is 4. The summed E-state index contributed by atoms with van der Waals surface area (Å²) in [5.74, 6) is -0.129. The van der Waals surface area contributed by atoms with Crippen LogP contribution in [0.4, 0.5) is 0 Å². The first-order chi connectivity index (χ1) is 13.1. The topological polar surface area (TPSA) is 121 Å². The molecule has 1 aromatic carbocycles. The van der Waals surface area contributed by atoms with Crippen molar-refractivity contribution in [2.24, 2.45) is 17.6 Å². The quantitative estimate of drug-likeness (QED) is 0.596. The van der Waals surface area contributed by atoms with Gasteiger partial charge in [-0.05, 0) is 50.1 Å². The summed E-state index contributed by atoms with van der Waals surface area (Å²) >= 11 is 0. The monoisotopic (exact) mass is 370 g/mol. The molecular formula is C20H26N4O3. The third-order valence-electron chi connectivity index (χ3n) is 5.31. The smallest absolute Gasteiger partial charge is 0.353 e. The number of amides is 1. The first-order valence-electron chi connectivity index (χ1n) is 9.39. The van der Waals surface area contributed by atoms with Crippen LogP contribution in [0.15, 0.2) is 36.5 Å². The van der Waals surface area contributed by atoms with Gasteiger partial charge in [0.1, 0.15) is 11.5 Å². The van der Waals surface area contributed by atoms with Crippen molar-refractivity contribution in [3.8, 4) is 0 Å². The molecule has 7 nitrogen and oxygen atoms in total. The molecule has 1 aliphatic carbocycles. The summed E-state index contributed by atoms with van der Waals surface area (Å²) in [6.07, 6.45) is 5.45. The molecule has 5 N–H and O–H groups in total. The SMILES string of the molecule is NCC1CCC(C(=O)N[C@@H](Cc2ccccc2)c2ncc(C(=O)O)[nH]2)CC1. The Labute approximate surface area is 158 Å². The van der Waals surface area contributed by atoms with E-state index >= 15 is 0 Å². The van der Waals surface area contributed by atoms with Crippen LogP contribution in [0.1, 0.15) is 53.6 Å². The van der Waals surface area contributed by atoms with Crippen molar-refractivity contribution in [1.82, 2.24) is 15.3 Å². The Balaban J connectivity index is 1.73. The van der Waals surface area contributed by atoms with Gasteiger partial charge in [0.15, 0.2) is 0 Å². The van der Waals surface area contributed by atoms with Gasteiger partial charge >= 0.3 is 5.97 Å². The number of benzene rings is 1. The Morgan fingerprint density at radius 3 is 2.52 bits per heavy atom. The molecule has 0 bridgehead atoms. The molecule has 7 heteroatoms. The van der Waals surface area contributed by atoms with Gasteiger partial charge in [0, 0.05) is 5.92 Å². The molecule has 1 atom stereocenters. The number of nitrogens with one attached hydrogen (secondary N) is 2. The third-order valence-corrected chi connectivity index (χ3v) is 5.31. The van der Waals surface area contributed by atoms with Crippen LogP contribution >= 0.6 is 0 Å². The molecule has 0 radical (unpaired) electrons. The highest BCUT2D eigenvalue weighted by atomic mass is 16.4. The van der Waals surface area contributed by atoms with E-state index in [-0.39, 0.29) is 17.5 Å². The second-order valence-corrected chi connectivity index (χ2v) is 7.19.